The van der Waals surface area contributed by atoms with Crippen molar-refractivity contribution < 1.29 is 14.3 Å². The molecular formula is C12H15IO3. The van der Waals surface area contributed by atoms with Gasteiger partial charge in [-0.2, -0.15) is 0 Å². The molecule has 1 rings (SSSR count). The molecular weight excluding hydrogens is 319 g/mol. The van der Waals surface area contributed by atoms with Gasteiger partial charge in [-0.25, -0.2) is 0 Å². The van der Waals surface area contributed by atoms with Gasteiger partial charge in [-0.15, -0.1) is 0 Å². The zero-order valence-electron chi connectivity index (χ0n) is 9.24. The highest BCUT2D eigenvalue weighted by atomic mass is 127. The van der Waals surface area contributed by atoms with Crippen LogP contribution in [-0.4, -0.2) is 17.5 Å². The lowest BCUT2D eigenvalue weighted by atomic mass is 10.2. The number of carbonyl (C=O) groups is 1. The van der Waals surface area contributed by atoms with Gasteiger partial charge < -0.3 is 9.47 Å². The molecule has 0 N–H and O–H groups in total. The Hall–Kier alpha value is -0.780. The van der Waals surface area contributed by atoms with Crippen molar-refractivity contribution in [2.75, 3.05) is 11.5 Å². The normalized spacial score (nSPS) is 9.88. The summed E-state index contributed by atoms with van der Waals surface area (Å²) in [4.78, 5) is 11.2. The van der Waals surface area contributed by atoms with E-state index in [0.29, 0.717) is 13.0 Å². The van der Waals surface area contributed by atoms with E-state index in [9.17, 15) is 4.79 Å². The Morgan fingerprint density at radius 3 is 2.56 bits per heavy atom. The molecule has 0 aromatic heterocycles. The third kappa shape index (κ3) is 4.83. The average molecular weight is 334 g/mol. The lowest BCUT2D eigenvalue weighted by molar-refractivity contribution is -0.144. The number of benzene rings is 1. The molecule has 0 fully saturated rings. The second kappa shape index (κ2) is 7.49. The Balaban J connectivity index is 2.33. The van der Waals surface area contributed by atoms with Crippen molar-refractivity contribution in [2.24, 2.45) is 0 Å². The fourth-order valence-electron chi connectivity index (χ4n) is 1.17. The summed E-state index contributed by atoms with van der Waals surface area (Å²) in [6, 6.07) is 7.50. The summed E-state index contributed by atoms with van der Waals surface area (Å²) < 4.78 is 11.1. The number of alkyl halides is 1. The second-order valence-corrected chi connectivity index (χ2v) is 4.38. The summed E-state index contributed by atoms with van der Waals surface area (Å²) in [7, 11) is 1.62. The maximum Gasteiger partial charge on any atom is 0.306 e. The molecule has 1 aromatic rings. The quantitative estimate of drug-likeness (QED) is 0.456. The van der Waals surface area contributed by atoms with E-state index in [1.165, 1.54) is 0 Å². The van der Waals surface area contributed by atoms with Crippen LogP contribution in [0.4, 0.5) is 0 Å². The van der Waals surface area contributed by atoms with Crippen molar-refractivity contribution in [3.05, 3.63) is 29.8 Å². The van der Waals surface area contributed by atoms with Gasteiger partial charge in [-0.05, 0) is 24.1 Å². The molecule has 0 saturated carbocycles. The van der Waals surface area contributed by atoms with E-state index in [4.69, 9.17) is 9.47 Å². The number of methoxy groups -OCH3 is 1. The fourth-order valence-corrected chi connectivity index (χ4v) is 1.55. The minimum absolute atomic E-state index is 0.132. The van der Waals surface area contributed by atoms with Gasteiger partial charge in [0, 0.05) is 10.8 Å². The molecule has 0 heterocycles. The van der Waals surface area contributed by atoms with Crippen LogP contribution in [0.25, 0.3) is 0 Å². The van der Waals surface area contributed by atoms with E-state index in [2.05, 4.69) is 22.6 Å². The molecule has 0 aliphatic rings. The highest BCUT2D eigenvalue weighted by Gasteiger charge is 2.02. The summed E-state index contributed by atoms with van der Waals surface area (Å²) in [5.41, 5.74) is 0.976. The number of ether oxygens (including phenoxy) is 2. The topological polar surface area (TPSA) is 35.5 Å². The highest BCUT2D eigenvalue weighted by Crippen LogP contribution is 2.12. The van der Waals surface area contributed by atoms with Gasteiger partial charge in [0.25, 0.3) is 0 Å². The Labute approximate surface area is 109 Å². The standard InChI is InChI=1S/C12H15IO3/c1-15-11-6-4-10(5-7-11)9-16-12(14)3-2-8-13/h4-7H,2-3,8-9H2,1H3. The first-order chi connectivity index (χ1) is 7.76. The summed E-state index contributed by atoms with van der Waals surface area (Å²) in [5.74, 6) is 0.674. The van der Waals surface area contributed by atoms with E-state index in [0.717, 1.165) is 22.2 Å². The van der Waals surface area contributed by atoms with Crippen LogP contribution < -0.4 is 4.74 Å². The minimum atomic E-state index is -0.132. The van der Waals surface area contributed by atoms with Gasteiger partial charge in [0.1, 0.15) is 12.4 Å². The Morgan fingerprint density at radius 1 is 1.31 bits per heavy atom. The van der Waals surface area contributed by atoms with Crippen LogP contribution in [0, 0.1) is 0 Å². The van der Waals surface area contributed by atoms with Crippen molar-refractivity contribution in [3.8, 4) is 5.75 Å². The van der Waals surface area contributed by atoms with Crippen LogP contribution in [0.15, 0.2) is 24.3 Å². The molecule has 16 heavy (non-hydrogen) atoms. The maximum absolute atomic E-state index is 11.2. The number of carbonyl (C=O) groups excluding carboxylic acids is 1. The van der Waals surface area contributed by atoms with Gasteiger partial charge in [-0.3, -0.25) is 4.79 Å². The molecule has 0 unspecified atom stereocenters. The van der Waals surface area contributed by atoms with Gasteiger partial charge in [0.15, 0.2) is 0 Å². The fraction of sp³-hybridized carbons (Fsp3) is 0.417. The number of hydrogen-bond donors (Lipinski definition) is 0. The lowest BCUT2D eigenvalue weighted by Gasteiger charge is -2.05. The van der Waals surface area contributed by atoms with E-state index in [1.54, 1.807) is 7.11 Å². The smallest absolute Gasteiger partial charge is 0.306 e. The van der Waals surface area contributed by atoms with Gasteiger partial charge in [0.2, 0.25) is 0 Å². The number of halogens is 1. The van der Waals surface area contributed by atoms with Crippen LogP contribution in [0.1, 0.15) is 18.4 Å². The van der Waals surface area contributed by atoms with E-state index >= 15 is 0 Å². The highest BCUT2D eigenvalue weighted by molar-refractivity contribution is 14.1. The molecule has 4 heteroatoms. The van der Waals surface area contributed by atoms with Crippen LogP contribution in [0.2, 0.25) is 0 Å². The van der Waals surface area contributed by atoms with Crippen LogP contribution in [0.3, 0.4) is 0 Å². The summed E-state index contributed by atoms with van der Waals surface area (Å²) in [6.45, 7) is 0.337. The predicted octanol–water partition coefficient (Wildman–Crippen LogP) is 2.95. The molecule has 0 radical (unpaired) electrons. The maximum atomic E-state index is 11.2. The molecule has 1 aromatic carbocycles. The minimum Gasteiger partial charge on any atom is -0.497 e. The van der Waals surface area contributed by atoms with E-state index < -0.39 is 0 Å². The molecule has 0 spiro atoms. The van der Waals surface area contributed by atoms with Crippen molar-refractivity contribution in [1.29, 1.82) is 0 Å². The molecule has 3 nitrogen and oxygen atoms in total. The zero-order valence-corrected chi connectivity index (χ0v) is 11.4. The number of esters is 1. The molecule has 0 aliphatic carbocycles. The van der Waals surface area contributed by atoms with Crippen molar-refractivity contribution in [2.45, 2.75) is 19.4 Å². The van der Waals surface area contributed by atoms with E-state index in [1.807, 2.05) is 24.3 Å². The first-order valence-electron chi connectivity index (χ1n) is 5.11. The average Bonchev–Trinajstić information content (AvgIpc) is 2.34. The first kappa shape index (κ1) is 13.3. The number of rotatable bonds is 6. The van der Waals surface area contributed by atoms with Crippen LogP contribution in [0.5, 0.6) is 5.75 Å². The van der Waals surface area contributed by atoms with Gasteiger partial charge >= 0.3 is 5.97 Å². The lowest BCUT2D eigenvalue weighted by Crippen LogP contribution is -2.04. The van der Waals surface area contributed by atoms with Crippen molar-refractivity contribution >= 4 is 28.6 Å². The van der Waals surface area contributed by atoms with Crippen molar-refractivity contribution in [3.63, 3.8) is 0 Å². The number of hydrogen-bond acceptors (Lipinski definition) is 3. The Morgan fingerprint density at radius 2 is 2.00 bits per heavy atom. The first-order valence-corrected chi connectivity index (χ1v) is 6.63. The van der Waals surface area contributed by atoms with Crippen molar-refractivity contribution in [1.82, 2.24) is 0 Å². The second-order valence-electron chi connectivity index (χ2n) is 3.30. The summed E-state index contributed by atoms with van der Waals surface area (Å²) in [5, 5.41) is 0. The predicted molar refractivity (Wildman–Crippen MR) is 70.9 cm³/mol. The Kier molecular flexibility index (Phi) is 6.22. The van der Waals surface area contributed by atoms with Gasteiger partial charge in [0.05, 0.1) is 7.11 Å². The molecule has 0 aliphatic heterocycles. The SMILES string of the molecule is COc1ccc(COC(=O)CCCI)cc1. The Bertz CT molecular complexity index is 322. The van der Waals surface area contributed by atoms with Gasteiger partial charge in [-0.1, -0.05) is 34.7 Å². The van der Waals surface area contributed by atoms with E-state index in [-0.39, 0.29) is 5.97 Å². The molecule has 0 atom stereocenters. The van der Waals surface area contributed by atoms with Crippen LogP contribution >= 0.6 is 22.6 Å². The monoisotopic (exact) mass is 334 g/mol. The molecule has 0 bridgehead atoms. The molecule has 88 valence electrons. The zero-order chi connectivity index (χ0) is 11.8. The summed E-state index contributed by atoms with van der Waals surface area (Å²) >= 11 is 2.25. The largest absolute Gasteiger partial charge is 0.497 e. The third-order valence-corrected chi connectivity index (χ3v) is 2.84. The molecule has 0 amide bonds. The summed E-state index contributed by atoms with van der Waals surface area (Å²) in [6.07, 6.45) is 1.38. The third-order valence-electron chi connectivity index (χ3n) is 2.07. The van der Waals surface area contributed by atoms with Crippen LogP contribution in [-0.2, 0) is 16.1 Å². The molecule has 0 saturated heterocycles.